The lowest BCUT2D eigenvalue weighted by molar-refractivity contribution is -0.0495. The fourth-order valence-corrected chi connectivity index (χ4v) is 8.22. The smallest absolute Gasteiger partial charge is 0.114 e. The van der Waals surface area contributed by atoms with Gasteiger partial charge in [-0.15, -0.1) is 0 Å². The van der Waals surface area contributed by atoms with E-state index in [0.717, 1.165) is 77.0 Å². The summed E-state index contributed by atoms with van der Waals surface area (Å²) in [5.74, 6) is 1.85. The van der Waals surface area contributed by atoms with Crippen LogP contribution in [0.5, 0.6) is 0 Å². The van der Waals surface area contributed by atoms with Crippen LogP contribution in [-0.4, -0.2) is 22.7 Å². The van der Waals surface area contributed by atoms with E-state index >= 15 is 4.39 Å². The van der Waals surface area contributed by atoms with Gasteiger partial charge in [0.05, 0.1) is 0 Å². The van der Waals surface area contributed by atoms with Crippen LogP contribution in [0.1, 0.15) is 180 Å². The predicted molar refractivity (Wildman–Crippen MR) is 178 cm³/mol. The van der Waals surface area contributed by atoms with E-state index in [1.165, 1.54) is 6.42 Å². The zero-order valence-electron chi connectivity index (χ0n) is 30.7. The maximum absolute atomic E-state index is 15.4. The van der Waals surface area contributed by atoms with Crippen LogP contribution in [0.3, 0.4) is 0 Å². The molecule has 3 aliphatic carbocycles. The van der Waals surface area contributed by atoms with Crippen LogP contribution in [0.2, 0.25) is 0 Å². The molecule has 0 aliphatic heterocycles. The van der Waals surface area contributed by atoms with Crippen LogP contribution in [0.25, 0.3) is 0 Å². The van der Waals surface area contributed by atoms with Gasteiger partial charge in [-0.2, -0.15) is 0 Å². The van der Waals surface area contributed by atoms with Crippen molar-refractivity contribution in [1.82, 2.24) is 0 Å². The third-order valence-corrected chi connectivity index (χ3v) is 10.4. The Morgan fingerprint density at radius 3 is 0.857 bits per heavy atom. The van der Waals surface area contributed by atoms with Gasteiger partial charge in [-0.25, -0.2) is 17.6 Å². The third kappa shape index (κ3) is 16.2. The average Bonchev–Trinajstić information content (AvgIpc) is 3.19. The predicted octanol–water partition coefficient (Wildman–Crippen LogP) is 13.9. The van der Waals surface area contributed by atoms with Crippen molar-refractivity contribution in [3.05, 3.63) is 0 Å². The Morgan fingerprint density at radius 1 is 0.429 bits per heavy atom. The summed E-state index contributed by atoms with van der Waals surface area (Å²) in [5, 5.41) is 0. The van der Waals surface area contributed by atoms with E-state index in [1.807, 2.05) is 6.92 Å². The summed E-state index contributed by atoms with van der Waals surface area (Å²) in [4.78, 5) is 0. The van der Waals surface area contributed by atoms with Crippen molar-refractivity contribution < 1.29 is 17.6 Å². The summed E-state index contributed by atoms with van der Waals surface area (Å²) in [6, 6.07) is 0. The van der Waals surface area contributed by atoms with Crippen LogP contribution >= 0.6 is 0 Å². The normalized spacial score (nSPS) is 22.9. The average molecular weight is 607 g/mol. The Balaban J connectivity index is 0.000000569. The first-order valence-electron chi connectivity index (χ1n) is 17.6. The van der Waals surface area contributed by atoms with E-state index in [2.05, 4.69) is 69.2 Å². The molecule has 254 valence electrons. The standard InChI is InChI=1S/C16H33F.C9H17F.C7H13F.C6H11F/c1-10(2)14(11(3)4)16(9,17)15(12(5)6)13(7)8;1-8(2)4-6-9(3,10)7-5-8;1-7(8)5-3-2-4-6-7;1-6(7)4-2-3-5-6/h10-15H,1-9H3;4-7H2,1-3H3;2-6H2,1H3;2-5H2,1H3. The second-order valence-corrected chi connectivity index (χ2v) is 17.4. The Bertz CT molecular complexity index is 633. The minimum atomic E-state index is -1.08. The molecule has 0 amide bonds. The SMILES string of the molecule is CC(C)C(C(C)C)C(C)(F)C(C(C)C)C(C)C.CC1(C)CCC(C)(F)CC1.CC1(F)CCCC1.CC1(F)CCCCC1. The van der Waals surface area contributed by atoms with E-state index in [0.29, 0.717) is 29.1 Å². The largest absolute Gasteiger partial charge is 0.244 e. The first-order chi connectivity index (χ1) is 18.9. The van der Waals surface area contributed by atoms with Gasteiger partial charge in [0.1, 0.15) is 22.7 Å². The second kappa shape index (κ2) is 17.4. The monoisotopic (exact) mass is 607 g/mol. The highest BCUT2D eigenvalue weighted by atomic mass is 19.2. The first kappa shape index (κ1) is 41.7. The summed E-state index contributed by atoms with van der Waals surface area (Å²) < 4.78 is 54.1. The lowest BCUT2D eigenvalue weighted by Crippen LogP contribution is -2.47. The minimum absolute atomic E-state index is 0.136. The molecular formula is C38H74F4. The molecule has 0 atom stereocenters. The number of halogens is 4. The highest BCUT2D eigenvalue weighted by molar-refractivity contribution is 4.94. The number of rotatable bonds is 6. The van der Waals surface area contributed by atoms with Gasteiger partial charge in [0.15, 0.2) is 0 Å². The summed E-state index contributed by atoms with van der Waals surface area (Å²) >= 11 is 0. The van der Waals surface area contributed by atoms with Crippen LogP contribution in [0, 0.1) is 40.9 Å². The molecule has 3 saturated carbocycles. The maximum Gasteiger partial charge on any atom is 0.114 e. The molecule has 0 spiro atoms. The van der Waals surface area contributed by atoms with Crippen LogP contribution in [0.15, 0.2) is 0 Å². The Labute approximate surface area is 261 Å². The molecule has 3 aliphatic rings. The summed E-state index contributed by atoms with van der Waals surface area (Å²) in [5.41, 5.74) is -3.18. The van der Waals surface area contributed by atoms with Gasteiger partial charge < -0.3 is 0 Å². The molecule has 0 unspecified atom stereocenters. The molecule has 4 heteroatoms. The van der Waals surface area contributed by atoms with E-state index in [-0.39, 0.29) is 11.8 Å². The Hall–Kier alpha value is -0.280. The van der Waals surface area contributed by atoms with Gasteiger partial charge in [0.25, 0.3) is 0 Å². The molecule has 42 heavy (non-hydrogen) atoms. The molecule has 0 aromatic rings. The summed E-state index contributed by atoms with van der Waals surface area (Å²) in [6.45, 7) is 28.6. The van der Waals surface area contributed by atoms with Crippen molar-refractivity contribution in [3.8, 4) is 0 Å². The molecule has 0 aromatic heterocycles. The molecule has 0 radical (unpaired) electrons. The first-order valence-corrected chi connectivity index (χ1v) is 17.6. The fourth-order valence-electron chi connectivity index (χ4n) is 8.22. The molecule has 0 saturated heterocycles. The van der Waals surface area contributed by atoms with E-state index in [4.69, 9.17) is 0 Å². The van der Waals surface area contributed by atoms with Crippen LogP contribution < -0.4 is 0 Å². The molecule has 0 N–H and O–H groups in total. The van der Waals surface area contributed by atoms with Crippen molar-refractivity contribution in [2.24, 2.45) is 40.9 Å². The lowest BCUT2D eigenvalue weighted by atomic mass is 9.63. The van der Waals surface area contributed by atoms with E-state index in [9.17, 15) is 13.2 Å². The number of alkyl halides is 4. The molecule has 0 nitrogen and oxygen atoms in total. The highest BCUT2D eigenvalue weighted by Crippen LogP contribution is 2.45. The van der Waals surface area contributed by atoms with Gasteiger partial charge in [0.2, 0.25) is 0 Å². The molecule has 0 aromatic carbocycles. The Morgan fingerprint density at radius 2 is 0.667 bits per heavy atom. The minimum Gasteiger partial charge on any atom is -0.244 e. The van der Waals surface area contributed by atoms with Gasteiger partial charge in [0, 0.05) is 0 Å². The maximum atomic E-state index is 15.4. The molecule has 3 fully saturated rings. The van der Waals surface area contributed by atoms with Crippen molar-refractivity contribution in [3.63, 3.8) is 0 Å². The fraction of sp³-hybridized carbons (Fsp3) is 1.00. The van der Waals surface area contributed by atoms with Crippen LogP contribution in [-0.2, 0) is 0 Å². The summed E-state index contributed by atoms with van der Waals surface area (Å²) in [6.07, 6.45) is 12.3. The van der Waals surface area contributed by atoms with E-state index in [1.54, 1.807) is 20.8 Å². The molecule has 3 rings (SSSR count). The Kier molecular flexibility index (Phi) is 17.3. The zero-order chi connectivity index (χ0) is 33.2. The summed E-state index contributed by atoms with van der Waals surface area (Å²) in [7, 11) is 0. The number of hydrogen-bond donors (Lipinski definition) is 0. The van der Waals surface area contributed by atoms with E-state index < -0.39 is 22.7 Å². The molecule has 0 heterocycles. The quantitative estimate of drug-likeness (QED) is 0.264. The van der Waals surface area contributed by atoms with Crippen LogP contribution in [0.4, 0.5) is 17.6 Å². The lowest BCUT2D eigenvalue weighted by Gasteiger charge is -2.45. The van der Waals surface area contributed by atoms with Gasteiger partial charge in [-0.1, -0.05) is 101 Å². The van der Waals surface area contributed by atoms with Gasteiger partial charge in [-0.05, 0) is 120 Å². The van der Waals surface area contributed by atoms with Crippen molar-refractivity contribution >= 4 is 0 Å². The highest BCUT2D eigenvalue weighted by Gasteiger charge is 2.46. The zero-order valence-corrected chi connectivity index (χ0v) is 30.7. The molecular weight excluding hydrogens is 532 g/mol. The topological polar surface area (TPSA) is 0 Å². The number of hydrogen-bond acceptors (Lipinski definition) is 0. The molecule has 0 bridgehead atoms. The van der Waals surface area contributed by atoms with Crippen molar-refractivity contribution in [1.29, 1.82) is 0 Å². The van der Waals surface area contributed by atoms with Crippen molar-refractivity contribution in [2.75, 3.05) is 0 Å². The van der Waals surface area contributed by atoms with Crippen molar-refractivity contribution in [2.45, 2.75) is 203 Å². The second-order valence-electron chi connectivity index (χ2n) is 17.4. The van der Waals surface area contributed by atoms with Gasteiger partial charge >= 0.3 is 0 Å². The third-order valence-electron chi connectivity index (χ3n) is 10.4. The van der Waals surface area contributed by atoms with Gasteiger partial charge in [-0.3, -0.25) is 0 Å².